The number of nitrogens with zero attached hydrogens (tertiary/aromatic N) is 1. The van der Waals surface area contributed by atoms with Gasteiger partial charge in [-0.1, -0.05) is 35.3 Å². The maximum Gasteiger partial charge on any atom is 0.264 e. The Balaban J connectivity index is 1.98. The van der Waals surface area contributed by atoms with Crippen molar-refractivity contribution in [2.45, 2.75) is 18.7 Å². The van der Waals surface area contributed by atoms with E-state index in [4.69, 9.17) is 23.2 Å². The fourth-order valence-corrected chi connectivity index (χ4v) is 4.84. The summed E-state index contributed by atoms with van der Waals surface area (Å²) in [6.45, 7) is 7.61. The van der Waals surface area contributed by atoms with Gasteiger partial charge in [0.2, 0.25) is 0 Å². The van der Waals surface area contributed by atoms with Crippen LogP contribution >= 0.6 is 23.2 Å². The molecule has 0 saturated carbocycles. The maximum atomic E-state index is 13.4. The molecule has 3 aromatic rings. The molecule has 0 aromatic heterocycles. The molecule has 0 fully saturated rings. The minimum atomic E-state index is -4.01. The van der Waals surface area contributed by atoms with E-state index >= 15 is 0 Å². The summed E-state index contributed by atoms with van der Waals surface area (Å²) >= 11 is 12.2. The Morgan fingerprint density at radius 1 is 1.00 bits per heavy atom. The molecule has 32 heavy (non-hydrogen) atoms. The molecular formula is C24H22Cl2N2O3S. The first-order valence-electron chi connectivity index (χ1n) is 9.71. The van der Waals surface area contributed by atoms with Crippen molar-refractivity contribution in [1.29, 1.82) is 0 Å². The zero-order chi connectivity index (χ0) is 23.5. The van der Waals surface area contributed by atoms with Gasteiger partial charge in [0.1, 0.15) is 0 Å². The number of rotatable bonds is 7. The van der Waals surface area contributed by atoms with Crippen LogP contribution in [0.2, 0.25) is 10.0 Å². The zero-order valence-electron chi connectivity index (χ0n) is 17.6. The Morgan fingerprint density at radius 2 is 1.69 bits per heavy atom. The molecule has 166 valence electrons. The molecule has 1 N–H and O–H groups in total. The molecular weight excluding hydrogens is 467 g/mol. The summed E-state index contributed by atoms with van der Waals surface area (Å²) in [6, 6.07) is 16.0. The van der Waals surface area contributed by atoms with Crippen molar-refractivity contribution < 1.29 is 13.2 Å². The minimum absolute atomic E-state index is 0.0385. The van der Waals surface area contributed by atoms with Crippen molar-refractivity contribution >= 4 is 50.5 Å². The third kappa shape index (κ3) is 5.15. The third-order valence-electron chi connectivity index (χ3n) is 4.94. The van der Waals surface area contributed by atoms with E-state index in [-0.39, 0.29) is 22.0 Å². The number of amides is 1. The molecule has 0 saturated heterocycles. The van der Waals surface area contributed by atoms with Crippen molar-refractivity contribution in [3.8, 4) is 0 Å². The van der Waals surface area contributed by atoms with Gasteiger partial charge in [0.25, 0.3) is 15.9 Å². The lowest BCUT2D eigenvalue weighted by molar-refractivity contribution is 0.102. The van der Waals surface area contributed by atoms with Crippen LogP contribution in [0.5, 0.6) is 0 Å². The molecule has 8 heteroatoms. The van der Waals surface area contributed by atoms with Crippen LogP contribution in [0.1, 0.15) is 21.5 Å². The molecule has 0 spiro atoms. The van der Waals surface area contributed by atoms with Crippen LogP contribution in [0.15, 0.2) is 78.2 Å². The van der Waals surface area contributed by atoms with Gasteiger partial charge < -0.3 is 5.32 Å². The van der Waals surface area contributed by atoms with Gasteiger partial charge in [0.05, 0.1) is 27.7 Å². The zero-order valence-corrected chi connectivity index (χ0v) is 19.9. The summed E-state index contributed by atoms with van der Waals surface area (Å²) in [5.41, 5.74) is 3.19. The SMILES string of the molecule is C=CCN(c1ccc(Cl)cc1)S(=O)(=O)c1ccc(Cl)c(C(=O)Nc2ccc(C)c(C)c2)c1. The summed E-state index contributed by atoms with van der Waals surface area (Å²) in [6.07, 6.45) is 1.48. The highest BCUT2D eigenvalue weighted by molar-refractivity contribution is 7.92. The van der Waals surface area contributed by atoms with Gasteiger partial charge in [-0.25, -0.2) is 8.42 Å². The standard InChI is InChI=1S/C24H22Cl2N2O3S/c1-4-13-28(20-9-6-18(25)7-10-20)32(30,31)21-11-12-23(26)22(15-21)24(29)27-19-8-5-16(2)17(3)14-19/h4-12,14-15H,1,13H2,2-3H3,(H,27,29). The Kier molecular flexibility index (Phi) is 7.29. The Bertz CT molecular complexity index is 1270. The highest BCUT2D eigenvalue weighted by atomic mass is 35.5. The fourth-order valence-electron chi connectivity index (χ4n) is 3.05. The van der Waals surface area contributed by atoms with E-state index in [2.05, 4.69) is 11.9 Å². The molecule has 3 aromatic carbocycles. The monoisotopic (exact) mass is 488 g/mol. The topological polar surface area (TPSA) is 66.5 Å². The summed E-state index contributed by atoms with van der Waals surface area (Å²) < 4.78 is 28.0. The van der Waals surface area contributed by atoms with Gasteiger partial charge in [-0.2, -0.15) is 0 Å². The molecule has 0 heterocycles. The predicted molar refractivity (Wildman–Crippen MR) is 132 cm³/mol. The lowest BCUT2D eigenvalue weighted by Gasteiger charge is -2.23. The molecule has 0 atom stereocenters. The number of aryl methyl sites for hydroxylation is 2. The lowest BCUT2D eigenvalue weighted by Crippen LogP contribution is -2.31. The number of hydrogen-bond acceptors (Lipinski definition) is 3. The van der Waals surface area contributed by atoms with Gasteiger partial charge in [0.15, 0.2) is 0 Å². The number of nitrogens with one attached hydrogen (secondary N) is 1. The van der Waals surface area contributed by atoms with Crippen LogP contribution < -0.4 is 9.62 Å². The summed E-state index contributed by atoms with van der Waals surface area (Å²) in [7, 11) is -4.01. The molecule has 3 rings (SSSR count). The van der Waals surface area contributed by atoms with Crippen LogP contribution in [0.25, 0.3) is 0 Å². The number of carbonyl (C=O) groups is 1. The number of sulfonamides is 1. The second kappa shape index (κ2) is 9.77. The van der Waals surface area contributed by atoms with E-state index in [1.54, 1.807) is 30.3 Å². The van der Waals surface area contributed by atoms with Gasteiger partial charge in [-0.15, -0.1) is 6.58 Å². The molecule has 0 aliphatic rings. The van der Waals surface area contributed by atoms with E-state index in [1.165, 1.54) is 28.6 Å². The largest absolute Gasteiger partial charge is 0.322 e. The van der Waals surface area contributed by atoms with E-state index in [9.17, 15) is 13.2 Å². The molecule has 0 bridgehead atoms. The van der Waals surface area contributed by atoms with E-state index in [0.717, 1.165) is 11.1 Å². The highest BCUT2D eigenvalue weighted by Gasteiger charge is 2.26. The van der Waals surface area contributed by atoms with Crippen molar-refractivity contribution in [2.75, 3.05) is 16.2 Å². The number of anilines is 2. The molecule has 5 nitrogen and oxygen atoms in total. The Hall–Kier alpha value is -2.80. The van der Waals surface area contributed by atoms with Gasteiger partial charge in [-0.05, 0) is 79.6 Å². The average Bonchev–Trinajstić information content (AvgIpc) is 2.75. The summed E-state index contributed by atoms with van der Waals surface area (Å²) in [5, 5.41) is 3.41. The van der Waals surface area contributed by atoms with Crippen LogP contribution in [0, 0.1) is 13.8 Å². The quantitative estimate of drug-likeness (QED) is 0.400. The predicted octanol–water partition coefficient (Wildman–Crippen LogP) is 6.24. The first-order valence-corrected chi connectivity index (χ1v) is 11.9. The molecule has 0 aliphatic heterocycles. The first kappa shape index (κ1) is 23.9. The Morgan fingerprint density at radius 3 is 2.31 bits per heavy atom. The number of hydrogen-bond donors (Lipinski definition) is 1. The first-order chi connectivity index (χ1) is 15.1. The molecule has 0 unspecified atom stereocenters. The molecule has 0 aliphatic carbocycles. The van der Waals surface area contributed by atoms with E-state index in [1.807, 2.05) is 26.0 Å². The second-order valence-corrected chi connectivity index (χ2v) is 9.90. The number of halogens is 2. The third-order valence-corrected chi connectivity index (χ3v) is 7.32. The smallest absolute Gasteiger partial charge is 0.264 e. The van der Waals surface area contributed by atoms with Crippen LogP contribution in [-0.4, -0.2) is 20.9 Å². The van der Waals surface area contributed by atoms with Gasteiger partial charge in [0, 0.05) is 10.7 Å². The van der Waals surface area contributed by atoms with Gasteiger partial charge in [-0.3, -0.25) is 9.10 Å². The van der Waals surface area contributed by atoms with Crippen LogP contribution in [0.4, 0.5) is 11.4 Å². The van der Waals surface area contributed by atoms with Crippen molar-refractivity contribution in [3.05, 3.63) is 100 Å². The lowest BCUT2D eigenvalue weighted by atomic mass is 10.1. The highest BCUT2D eigenvalue weighted by Crippen LogP contribution is 2.28. The molecule has 0 radical (unpaired) electrons. The molecule has 1 amide bonds. The number of carbonyl (C=O) groups excluding carboxylic acids is 1. The second-order valence-electron chi connectivity index (χ2n) is 7.20. The van der Waals surface area contributed by atoms with Gasteiger partial charge >= 0.3 is 0 Å². The average molecular weight is 489 g/mol. The van der Waals surface area contributed by atoms with Crippen molar-refractivity contribution in [2.24, 2.45) is 0 Å². The summed E-state index contributed by atoms with van der Waals surface area (Å²) in [4.78, 5) is 12.8. The minimum Gasteiger partial charge on any atom is -0.322 e. The fraction of sp³-hybridized carbons (Fsp3) is 0.125. The van der Waals surface area contributed by atoms with Crippen LogP contribution in [0.3, 0.4) is 0 Å². The van der Waals surface area contributed by atoms with E-state index in [0.29, 0.717) is 16.4 Å². The normalized spacial score (nSPS) is 11.1. The number of benzene rings is 3. The Labute approximate surface area is 198 Å². The van der Waals surface area contributed by atoms with Crippen molar-refractivity contribution in [3.63, 3.8) is 0 Å². The van der Waals surface area contributed by atoms with Crippen LogP contribution in [-0.2, 0) is 10.0 Å². The van der Waals surface area contributed by atoms with Crippen molar-refractivity contribution in [1.82, 2.24) is 0 Å². The maximum absolute atomic E-state index is 13.4. The van der Waals surface area contributed by atoms with E-state index < -0.39 is 15.9 Å². The summed E-state index contributed by atoms with van der Waals surface area (Å²) in [5.74, 6) is -0.503.